The lowest BCUT2D eigenvalue weighted by molar-refractivity contribution is 0.00595. The van der Waals surface area contributed by atoms with Crippen molar-refractivity contribution < 1.29 is 52.4 Å². The van der Waals surface area contributed by atoms with Gasteiger partial charge in [0.05, 0.1) is 81.1 Å². The van der Waals surface area contributed by atoms with E-state index in [4.69, 9.17) is 18.9 Å². The molecule has 0 saturated heterocycles. The molecule has 0 atom stereocenters. The summed E-state index contributed by atoms with van der Waals surface area (Å²) in [5.74, 6) is -1.58. The van der Waals surface area contributed by atoms with Gasteiger partial charge in [-0.3, -0.25) is 9.78 Å². The van der Waals surface area contributed by atoms with E-state index in [1.165, 1.54) is 45.3 Å². The van der Waals surface area contributed by atoms with Crippen molar-refractivity contribution in [2.75, 3.05) is 0 Å². The highest BCUT2D eigenvalue weighted by molar-refractivity contribution is 9.11. The Kier molecular flexibility index (Phi) is 20.6. The van der Waals surface area contributed by atoms with E-state index in [0.29, 0.717) is 62.0 Å². The summed E-state index contributed by atoms with van der Waals surface area (Å²) in [4.78, 5) is 76.3. The smallest absolute Gasteiger partial charge is 0.341 e. The minimum Gasteiger partial charge on any atom is -0.456 e. The predicted molar refractivity (Wildman–Crippen MR) is 311 cm³/mol. The lowest BCUT2D eigenvalue weighted by Crippen LogP contribution is -2.23. The number of aliphatic hydroxyl groups is 1. The van der Waals surface area contributed by atoms with Crippen molar-refractivity contribution in [3.63, 3.8) is 0 Å². The number of alkyl halides is 1. The van der Waals surface area contributed by atoms with E-state index in [2.05, 4.69) is 83.7 Å². The summed E-state index contributed by atoms with van der Waals surface area (Å²) >= 11 is 19.3. The Bertz CT molecular complexity index is 3320. The van der Waals surface area contributed by atoms with Gasteiger partial charge in [-0.1, -0.05) is 0 Å². The van der Waals surface area contributed by atoms with E-state index < -0.39 is 47.0 Å². The number of carbonyl (C=O) groups is 5. The molecule has 8 aromatic rings. The predicted octanol–water partition coefficient (Wildman–Crippen LogP) is 16.1. The summed E-state index contributed by atoms with van der Waals surface area (Å²) in [6, 6.07) is 6.94. The van der Waals surface area contributed by atoms with Gasteiger partial charge in [0.15, 0.2) is 6.29 Å². The van der Waals surface area contributed by atoms with Gasteiger partial charge >= 0.3 is 23.9 Å². The second-order valence-corrected chi connectivity index (χ2v) is 27.1. The molecular weight excluding hydrogens is 1310 g/mol. The van der Waals surface area contributed by atoms with E-state index in [1.54, 1.807) is 81.3 Å². The van der Waals surface area contributed by atoms with Crippen molar-refractivity contribution in [3.05, 3.63) is 109 Å². The lowest BCUT2D eigenvalue weighted by atomic mass is 10.2. The first-order chi connectivity index (χ1) is 34.7. The van der Waals surface area contributed by atoms with E-state index in [9.17, 15) is 33.5 Å². The zero-order valence-electron chi connectivity index (χ0n) is 43.0. The standard InChI is InChI=1S/C13H13BrFNO2S.C13H14BrNO3S.C13H12BrNO3S.C13H14BrNO2S/c1-13(2,3)18-12(17)8-6-19-11-9(14)4-7(5-15)16-10(8)11;2*1-13(2,3)18-12(17)8-6-19-11-9(14)4-7(5-16)15-10(8)11;1-7-5-9(14)11-10(15-7)8(6-18-11)12(16)17-13(2,3)4/h4,6H,5H2,1-3H3;4,6,16H,5H2,1-3H3;4-6H,1-3H3;5-6H,1-4H3. The number of thiophene rings is 4. The molecule has 0 fully saturated rings. The van der Waals surface area contributed by atoms with Crippen LogP contribution in [-0.2, 0) is 32.2 Å². The average molecular weight is 1360 g/mol. The number of halogens is 5. The second kappa shape index (κ2) is 25.1. The number of aryl methyl sites for hydroxylation is 1. The molecule has 14 nitrogen and oxygen atoms in total. The molecule has 75 heavy (non-hydrogen) atoms. The van der Waals surface area contributed by atoms with Gasteiger partial charge in [0.1, 0.15) is 34.8 Å². The van der Waals surface area contributed by atoms with Crippen LogP contribution in [0.2, 0.25) is 0 Å². The first kappa shape index (κ1) is 61.7. The van der Waals surface area contributed by atoms with Gasteiger partial charge in [-0.2, -0.15) is 0 Å². The van der Waals surface area contributed by atoms with Gasteiger partial charge < -0.3 is 24.1 Å². The minimum atomic E-state index is -0.669. The number of aliphatic hydroxyl groups excluding tert-OH is 1. The summed E-state index contributed by atoms with van der Waals surface area (Å²) in [5.41, 5.74) is 3.79. The number of hydrogen-bond acceptors (Lipinski definition) is 18. The molecule has 400 valence electrons. The molecule has 0 aliphatic rings. The van der Waals surface area contributed by atoms with Crippen molar-refractivity contribution >= 4 is 180 Å². The zero-order valence-corrected chi connectivity index (χ0v) is 52.7. The molecule has 0 amide bonds. The first-order valence-electron chi connectivity index (χ1n) is 22.5. The van der Waals surface area contributed by atoms with E-state index >= 15 is 0 Å². The maximum Gasteiger partial charge on any atom is 0.341 e. The summed E-state index contributed by atoms with van der Waals surface area (Å²) in [6.45, 7) is 22.9. The third kappa shape index (κ3) is 16.9. The highest BCUT2D eigenvalue weighted by Crippen LogP contribution is 2.36. The monoisotopic (exact) mass is 1360 g/mol. The average Bonchev–Trinajstić information content (AvgIpc) is 4.10. The number of pyridine rings is 4. The Morgan fingerprint density at radius 1 is 0.507 bits per heavy atom. The number of aromatic nitrogens is 4. The second-order valence-electron chi connectivity index (χ2n) is 20.2. The SMILES string of the molecule is CC(C)(C)OC(=O)c1csc2c(Br)cc(C=O)nc12.CC(C)(C)OC(=O)c1csc2c(Br)cc(CF)nc12.CC(C)(C)OC(=O)c1csc2c(Br)cc(CO)nc12.Cc1cc(Br)c2scc(C(=O)OC(C)(C)C)c2n1. The van der Waals surface area contributed by atoms with E-state index in [-0.39, 0.29) is 18.3 Å². The Morgan fingerprint density at radius 2 is 0.800 bits per heavy atom. The molecule has 0 unspecified atom stereocenters. The lowest BCUT2D eigenvalue weighted by Gasteiger charge is -2.19. The van der Waals surface area contributed by atoms with Gasteiger partial charge in [-0.05, 0) is 178 Å². The molecule has 0 spiro atoms. The van der Waals surface area contributed by atoms with Crippen LogP contribution < -0.4 is 0 Å². The summed E-state index contributed by atoms with van der Waals surface area (Å²) < 4.78 is 40.9. The Hall–Kier alpha value is -4.20. The summed E-state index contributed by atoms with van der Waals surface area (Å²) in [7, 11) is 0. The van der Waals surface area contributed by atoms with Crippen LogP contribution in [0.1, 0.15) is 152 Å². The molecule has 1 N–H and O–H groups in total. The van der Waals surface area contributed by atoms with Gasteiger partial charge in [-0.15, -0.1) is 45.3 Å². The molecule has 0 aromatic carbocycles. The van der Waals surface area contributed by atoms with Gasteiger partial charge in [0, 0.05) is 45.1 Å². The molecule has 8 heterocycles. The van der Waals surface area contributed by atoms with Crippen LogP contribution in [0.15, 0.2) is 63.7 Å². The summed E-state index contributed by atoms with van der Waals surface area (Å²) in [6.07, 6.45) is 0.654. The largest absolute Gasteiger partial charge is 0.456 e. The number of aldehydes is 1. The molecule has 8 rings (SSSR count). The molecule has 0 aliphatic carbocycles. The Morgan fingerprint density at radius 3 is 1.12 bits per heavy atom. The van der Waals surface area contributed by atoms with Gasteiger partial charge in [0.25, 0.3) is 0 Å². The van der Waals surface area contributed by atoms with Crippen molar-refractivity contribution in [2.24, 2.45) is 0 Å². The third-order valence-corrected chi connectivity index (χ3v) is 16.6. The van der Waals surface area contributed by atoms with Crippen LogP contribution in [0.3, 0.4) is 0 Å². The quantitative estimate of drug-likeness (QED) is 0.0899. The molecular formula is C52H53Br4FN4O10S4. The van der Waals surface area contributed by atoms with E-state index in [0.717, 1.165) is 42.4 Å². The summed E-state index contributed by atoms with van der Waals surface area (Å²) in [5, 5.41) is 16.1. The number of carbonyl (C=O) groups excluding carboxylic acids is 5. The molecule has 0 bridgehead atoms. The minimum absolute atomic E-state index is 0.169. The fourth-order valence-corrected chi connectivity index (χ4v) is 12.7. The van der Waals surface area contributed by atoms with Crippen molar-refractivity contribution in [1.29, 1.82) is 0 Å². The third-order valence-electron chi connectivity index (χ3n) is 9.06. The van der Waals surface area contributed by atoms with Crippen LogP contribution in [0.4, 0.5) is 4.39 Å². The zero-order chi connectivity index (χ0) is 56.1. The molecule has 23 heteroatoms. The van der Waals surface area contributed by atoms with Crippen LogP contribution in [0, 0.1) is 6.92 Å². The highest BCUT2D eigenvalue weighted by Gasteiger charge is 2.26. The normalized spacial score (nSPS) is 11.8. The fraction of sp³-hybridized carbons (Fsp3) is 0.365. The number of fused-ring (bicyclic) bond motifs is 4. The van der Waals surface area contributed by atoms with Crippen LogP contribution in [0.25, 0.3) is 40.9 Å². The number of ether oxygens (including phenoxy) is 4. The molecule has 0 aliphatic heterocycles. The van der Waals surface area contributed by atoms with Gasteiger partial charge in [0.2, 0.25) is 0 Å². The van der Waals surface area contributed by atoms with Crippen LogP contribution in [0.5, 0.6) is 0 Å². The number of rotatable bonds is 7. The molecule has 0 radical (unpaired) electrons. The number of nitrogens with zero attached hydrogens (tertiary/aromatic N) is 4. The topological polar surface area (TPSA) is 194 Å². The molecule has 8 aromatic heterocycles. The number of esters is 4. The van der Waals surface area contributed by atoms with Crippen LogP contribution >= 0.6 is 109 Å². The Balaban J connectivity index is 0.000000185. The van der Waals surface area contributed by atoms with Crippen LogP contribution in [-0.4, -0.2) is 77.6 Å². The number of hydrogen-bond donors (Lipinski definition) is 1. The fourth-order valence-electron chi connectivity index (χ4n) is 6.24. The maximum atomic E-state index is 12.7. The molecule has 0 saturated carbocycles. The highest BCUT2D eigenvalue weighted by atomic mass is 79.9. The Labute approximate surface area is 482 Å². The van der Waals surface area contributed by atoms with Crippen molar-refractivity contribution in [2.45, 2.75) is 126 Å². The van der Waals surface area contributed by atoms with E-state index in [1.807, 2.05) is 54.5 Å². The first-order valence-corrected chi connectivity index (χ1v) is 29.2. The van der Waals surface area contributed by atoms with Crippen molar-refractivity contribution in [1.82, 2.24) is 19.9 Å². The van der Waals surface area contributed by atoms with Gasteiger partial charge in [-0.25, -0.2) is 38.5 Å². The van der Waals surface area contributed by atoms with Crippen molar-refractivity contribution in [3.8, 4) is 0 Å². The maximum absolute atomic E-state index is 12.7.